The molecule has 0 aliphatic carbocycles. The average molecular weight is 295 g/mol. The minimum Gasteiger partial charge on any atom is -0.326 e. The van der Waals surface area contributed by atoms with Gasteiger partial charge in [-0.2, -0.15) is 0 Å². The van der Waals surface area contributed by atoms with Crippen LogP contribution in [0.25, 0.3) is 11.1 Å². The van der Waals surface area contributed by atoms with E-state index in [4.69, 9.17) is 0 Å². The summed E-state index contributed by atoms with van der Waals surface area (Å²) >= 11 is 0. The van der Waals surface area contributed by atoms with Gasteiger partial charge in [0.2, 0.25) is 5.91 Å². The molecule has 0 aromatic heterocycles. The van der Waals surface area contributed by atoms with Crippen LogP contribution in [0.5, 0.6) is 0 Å². The first-order valence-corrected chi connectivity index (χ1v) is 8.00. The largest absolute Gasteiger partial charge is 0.326 e. The van der Waals surface area contributed by atoms with Crippen molar-refractivity contribution in [1.29, 1.82) is 0 Å². The van der Waals surface area contributed by atoms with E-state index in [0.29, 0.717) is 0 Å². The van der Waals surface area contributed by atoms with E-state index in [9.17, 15) is 4.79 Å². The fourth-order valence-corrected chi connectivity index (χ4v) is 2.41. The first-order valence-electron chi connectivity index (χ1n) is 8.00. The lowest BCUT2D eigenvalue weighted by molar-refractivity contribution is -0.124. The Morgan fingerprint density at radius 3 is 2.14 bits per heavy atom. The number of nitrogens with one attached hydrogen (secondary N) is 1. The number of carbonyl (C=O) groups excluding carboxylic acids is 1. The third kappa shape index (κ3) is 4.20. The molecular weight excluding hydrogens is 270 g/mol. The normalized spacial score (nSPS) is 11.2. The molecule has 116 valence electrons. The molecular formula is C20H25NO. The highest BCUT2D eigenvalue weighted by atomic mass is 16.2. The van der Waals surface area contributed by atoms with Gasteiger partial charge in [0.1, 0.15) is 0 Å². The second kappa shape index (κ2) is 7.26. The van der Waals surface area contributed by atoms with E-state index in [2.05, 4.69) is 24.4 Å². The van der Waals surface area contributed by atoms with E-state index < -0.39 is 0 Å². The molecule has 0 saturated heterocycles. The van der Waals surface area contributed by atoms with Crippen LogP contribution < -0.4 is 5.32 Å². The van der Waals surface area contributed by atoms with Gasteiger partial charge in [-0.1, -0.05) is 76.1 Å². The highest BCUT2D eigenvalue weighted by Gasteiger charge is 2.26. The highest BCUT2D eigenvalue weighted by molar-refractivity contribution is 5.95. The minimum atomic E-state index is -0.325. The molecule has 2 heteroatoms. The summed E-state index contributed by atoms with van der Waals surface area (Å²) in [6, 6.07) is 18.3. The smallest absolute Gasteiger partial charge is 0.230 e. The number of amides is 1. The van der Waals surface area contributed by atoms with Crippen molar-refractivity contribution in [2.24, 2.45) is 5.41 Å². The predicted octanol–water partition coefficient (Wildman–Crippen LogP) is 5.51. The monoisotopic (exact) mass is 295 g/mol. The van der Waals surface area contributed by atoms with E-state index in [1.54, 1.807) is 0 Å². The Balaban J connectivity index is 2.04. The van der Waals surface area contributed by atoms with Gasteiger partial charge in [-0.3, -0.25) is 4.79 Å². The van der Waals surface area contributed by atoms with Crippen molar-refractivity contribution in [2.45, 2.75) is 40.0 Å². The summed E-state index contributed by atoms with van der Waals surface area (Å²) in [7, 11) is 0. The SMILES string of the molecule is CCCCC(C)(C)C(=O)Nc1ccc(-c2ccccc2)cc1. The maximum absolute atomic E-state index is 12.4. The molecule has 0 spiro atoms. The molecule has 2 aromatic rings. The first kappa shape index (κ1) is 16.3. The Kier molecular flexibility index (Phi) is 5.37. The Morgan fingerprint density at radius 1 is 0.955 bits per heavy atom. The molecule has 0 fully saturated rings. The Hall–Kier alpha value is -2.09. The van der Waals surface area contributed by atoms with Gasteiger partial charge in [0.15, 0.2) is 0 Å². The number of hydrogen-bond acceptors (Lipinski definition) is 1. The number of unbranched alkanes of at least 4 members (excludes halogenated alkanes) is 1. The number of rotatable bonds is 6. The quantitative estimate of drug-likeness (QED) is 0.748. The van der Waals surface area contributed by atoms with Gasteiger partial charge in [-0.25, -0.2) is 0 Å². The summed E-state index contributed by atoms with van der Waals surface area (Å²) in [5.74, 6) is 0.0911. The second-order valence-electron chi connectivity index (χ2n) is 6.38. The number of carbonyl (C=O) groups is 1. The molecule has 0 heterocycles. The molecule has 1 N–H and O–H groups in total. The fraction of sp³-hybridized carbons (Fsp3) is 0.350. The lowest BCUT2D eigenvalue weighted by atomic mass is 9.86. The van der Waals surface area contributed by atoms with Crippen LogP contribution in [0.2, 0.25) is 0 Å². The zero-order valence-corrected chi connectivity index (χ0v) is 13.7. The van der Waals surface area contributed by atoms with Crippen LogP contribution in [0.4, 0.5) is 5.69 Å². The minimum absolute atomic E-state index is 0.0911. The zero-order valence-electron chi connectivity index (χ0n) is 13.7. The molecule has 1 amide bonds. The van der Waals surface area contributed by atoms with E-state index >= 15 is 0 Å². The van der Waals surface area contributed by atoms with Gasteiger partial charge >= 0.3 is 0 Å². The number of benzene rings is 2. The van der Waals surface area contributed by atoms with Crippen molar-refractivity contribution in [3.05, 3.63) is 54.6 Å². The summed E-state index contributed by atoms with van der Waals surface area (Å²) in [5, 5.41) is 3.03. The molecule has 2 nitrogen and oxygen atoms in total. The summed E-state index contributed by atoms with van der Waals surface area (Å²) in [6.45, 7) is 6.17. The van der Waals surface area contributed by atoms with Crippen LogP contribution in [0.1, 0.15) is 40.0 Å². The van der Waals surface area contributed by atoms with Crippen LogP contribution in [0, 0.1) is 5.41 Å². The third-order valence-electron chi connectivity index (χ3n) is 4.02. The number of hydrogen-bond donors (Lipinski definition) is 1. The summed E-state index contributed by atoms with van der Waals surface area (Å²) in [4.78, 5) is 12.4. The van der Waals surface area contributed by atoms with Crippen molar-refractivity contribution in [3.63, 3.8) is 0 Å². The van der Waals surface area contributed by atoms with Crippen molar-refractivity contribution in [3.8, 4) is 11.1 Å². The standard InChI is InChI=1S/C20H25NO/c1-4-5-15-20(2,3)19(22)21-18-13-11-17(12-14-18)16-9-7-6-8-10-16/h6-14H,4-5,15H2,1-3H3,(H,21,22). The number of anilines is 1. The Bertz CT molecular complexity index is 599. The molecule has 22 heavy (non-hydrogen) atoms. The van der Waals surface area contributed by atoms with Crippen molar-refractivity contribution < 1.29 is 4.79 Å². The van der Waals surface area contributed by atoms with Gasteiger partial charge < -0.3 is 5.32 Å². The molecule has 0 aliphatic rings. The van der Waals surface area contributed by atoms with Gasteiger partial charge in [0, 0.05) is 11.1 Å². The Labute approximate surface area is 133 Å². The highest BCUT2D eigenvalue weighted by Crippen LogP contribution is 2.26. The van der Waals surface area contributed by atoms with Crippen LogP contribution >= 0.6 is 0 Å². The predicted molar refractivity (Wildman–Crippen MR) is 93.8 cm³/mol. The molecule has 0 atom stereocenters. The van der Waals surface area contributed by atoms with Crippen LogP contribution in [-0.2, 0) is 4.79 Å². The van der Waals surface area contributed by atoms with Gasteiger partial charge in [0.05, 0.1) is 0 Å². The van der Waals surface area contributed by atoms with Crippen molar-refractivity contribution >= 4 is 11.6 Å². The van der Waals surface area contributed by atoms with E-state index in [0.717, 1.165) is 30.5 Å². The average Bonchev–Trinajstić information content (AvgIpc) is 2.54. The van der Waals surface area contributed by atoms with Crippen molar-refractivity contribution in [2.75, 3.05) is 5.32 Å². The lowest BCUT2D eigenvalue weighted by Gasteiger charge is -2.23. The summed E-state index contributed by atoms with van der Waals surface area (Å²) < 4.78 is 0. The summed E-state index contributed by atoms with van der Waals surface area (Å²) in [6.07, 6.45) is 3.10. The molecule has 0 unspecified atom stereocenters. The maximum atomic E-state index is 12.4. The molecule has 0 aliphatic heterocycles. The second-order valence-corrected chi connectivity index (χ2v) is 6.38. The van der Waals surface area contributed by atoms with Gasteiger partial charge in [0.25, 0.3) is 0 Å². The third-order valence-corrected chi connectivity index (χ3v) is 4.02. The molecule has 0 saturated carbocycles. The van der Waals surface area contributed by atoms with Gasteiger partial charge in [-0.05, 0) is 29.7 Å². The molecule has 0 radical (unpaired) electrons. The topological polar surface area (TPSA) is 29.1 Å². The van der Waals surface area contributed by atoms with Gasteiger partial charge in [-0.15, -0.1) is 0 Å². The van der Waals surface area contributed by atoms with Crippen LogP contribution in [-0.4, -0.2) is 5.91 Å². The van der Waals surface area contributed by atoms with Crippen molar-refractivity contribution in [1.82, 2.24) is 0 Å². The maximum Gasteiger partial charge on any atom is 0.230 e. The molecule has 2 aromatic carbocycles. The molecule has 2 rings (SSSR count). The van der Waals surface area contributed by atoms with Crippen LogP contribution in [0.15, 0.2) is 54.6 Å². The van der Waals surface area contributed by atoms with E-state index in [1.165, 1.54) is 5.56 Å². The molecule has 0 bridgehead atoms. The summed E-state index contributed by atoms with van der Waals surface area (Å²) in [5.41, 5.74) is 2.87. The fourth-order valence-electron chi connectivity index (χ4n) is 2.41. The zero-order chi connectivity index (χ0) is 16.0. The van der Waals surface area contributed by atoms with Crippen LogP contribution in [0.3, 0.4) is 0 Å². The van der Waals surface area contributed by atoms with E-state index in [1.807, 2.05) is 56.3 Å². The first-order chi connectivity index (χ1) is 10.5. The Morgan fingerprint density at radius 2 is 1.55 bits per heavy atom. The lowest BCUT2D eigenvalue weighted by Crippen LogP contribution is -2.30. The van der Waals surface area contributed by atoms with E-state index in [-0.39, 0.29) is 11.3 Å².